The molecule has 20 heavy (non-hydrogen) atoms. The first-order valence-corrected chi connectivity index (χ1v) is 7.67. The Morgan fingerprint density at radius 2 is 2.15 bits per heavy atom. The third-order valence-corrected chi connectivity index (χ3v) is 4.86. The number of hydrogen-bond donors (Lipinski definition) is 2. The van der Waals surface area contributed by atoms with Crippen molar-refractivity contribution in [3.63, 3.8) is 0 Å². The third-order valence-electron chi connectivity index (χ3n) is 4.86. The number of nitrogens with zero attached hydrogens (tertiary/aromatic N) is 1. The van der Waals surface area contributed by atoms with E-state index < -0.39 is 0 Å². The molecular weight excluding hydrogens is 254 g/mol. The molecular formula is C15H27N3O2. The van der Waals surface area contributed by atoms with Crippen LogP contribution in [0.3, 0.4) is 0 Å². The number of nitrogens with one attached hydrogen (secondary N) is 2. The highest BCUT2D eigenvalue weighted by Gasteiger charge is 2.38. The lowest BCUT2D eigenvalue weighted by Gasteiger charge is -2.38. The van der Waals surface area contributed by atoms with Gasteiger partial charge in [-0.1, -0.05) is 13.8 Å². The minimum absolute atomic E-state index is 0.0982. The number of likely N-dealkylation sites (tertiary alicyclic amines) is 1. The number of carbonyl (C=O) groups is 2. The van der Waals surface area contributed by atoms with Crippen LogP contribution >= 0.6 is 0 Å². The number of hydrogen-bond acceptors (Lipinski definition) is 3. The van der Waals surface area contributed by atoms with Gasteiger partial charge in [-0.25, -0.2) is 0 Å². The van der Waals surface area contributed by atoms with Crippen LogP contribution < -0.4 is 10.6 Å². The molecule has 5 heteroatoms. The molecule has 0 radical (unpaired) electrons. The summed E-state index contributed by atoms with van der Waals surface area (Å²) in [7, 11) is 1.80. The Kier molecular flexibility index (Phi) is 4.68. The molecule has 0 saturated carbocycles. The van der Waals surface area contributed by atoms with E-state index in [-0.39, 0.29) is 23.3 Å². The molecule has 2 amide bonds. The second kappa shape index (κ2) is 6.12. The SMILES string of the molecule is CN1CC(NC(=O)C(C)(C)C2CCCNC2)CCC1=O. The fourth-order valence-electron chi connectivity index (χ4n) is 3.15. The third kappa shape index (κ3) is 3.32. The zero-order valence-electron chi connectivity index (χ0n) is 12.9. The zero-order chi connectivity index (χ0) is 14.8. The molecule has 0 spiro atoms. The van der Waals surface area contributed by atoms with Crippen LogP contribution in [0.5, 0.6) is 0 Å². The first-order chi connectivity index (χ1) is 9.41. The molecule has 2 atom stereocenters. The van der Waals surface area contributed by atoms with E-state index in [2.05, 4.69) is 10.6 Å². The minimum Gasteiger partial charge on any atom is -0.351 e. The van der Waals surface area contributed by atoms with Crippen molar-refractivity contribution < 1.29 is 9.59 Å². The van der Waals surface area contributed by atoms with Gasteiger partial charge in [0.05, 0.1) is 0 Å². The summed E-state index contributed by atoms with van der Waals surface area (Å²) in [6.07, 6.45) is 3.54. The molecule has 2 aliphatic rings. The summed E-state index contributed by atoms with van der Waals surface area (Å²) in [6.45, 7) is 6.69. The maximum atomic E-state index is 12.6. The standard InChI is InChI=1S/C15H27N3O2/c1-15(2,11-5-4-8-16-9-11)14(20)17-12-6-7-13(19)18(3)10-12/h11-12,16H,4-10H2,1-3H3,(H,17,20). The summed E-state index contributed by atoms with van der Waals surface area (Å²) >= 11 is 0. The van der Waals surface area contributed by atoms with Crippen molar-refractivity contribution >= 4 is 11.8 Å². The maximum absolute atomic E-state index is 12.6. The molecule has 2 unspecified atom stereocenters. The van der Waals surface area contributed by atoms with Gasteiger partial charge in [0, 0.05) is 31.5 Å². The fraction of sp³-hybridized carbons (Fsp3) is 0.867. The van der Waals surface area contributed by atoms with E-state index in [0.29, 0.717) is 18.9 Å². The number of piperidine rings is 2. The van der Waals surface area contributed by atoms with Crippen LogP contribution in [0.2, 0.25) is 0 Å². The highest BCUT2D eigenvalue weighted by molar-refractivity contribution is 5.83. The zero-order valence-corrected chi connectivity index (χ0v) is 12.9. The topological polar surface area (TPSA) is 61.4 Å². The number of rotatable bonds is 3. The lowest BCUT2D eigenvalue weighted by molar-refractivity contribution is -0.137. The molecule has 2 N–H and O–H groups in total. The minimum atomic E-state index is -0.354. The predicted octanol–water partition coefficient (Wildman–Crippen LogP) is 0.749. The number of likely N-dealkylation sites (N-methyl/N-ethyl adjacent to an activating group) is 1. The first-order valence-electron chi connectivity index (χ1n) is 7.67. The van der Waals surface area contributed by atoms with Gasteiger partial charge in [-0.2, -0.15) is 0 Å². The van der Waals surface area contributed by atoms with Crippen molar-refractivity contribution in [2.75, 3.05) is 26.7 Å². The number of amides is 2. The lowest BCUT2D eigenvalue weighted by Crippen LogP contribution is -2.54. The Balaban J connectivity index is 1.91. The molecule has 0 aromatic heterocycles. The average molecular weight is 281 g/mol. The Labute approximate surface area is 121 Å². The Hall–Kier alpha value is -1.10. The van der Waals surface area contributed by atoms with Crippen molar-refractivity contribution in [2.24, 2.45) is 11.3 Å². The second-order valence-corrected chi connectivity index (χ2v) is 6.75. The van der Waals surface area contributed by atoms with Crippen molar-refractivity contribution in [1.29, 1.82) is 0 Å². The summed E-state index contributed by atoms with van der Waals surface area (Å²) in [5.41, 5.74) is -0.354. The highest BCUT2D eigenvalue weighted by atomic mass is 16.2. The van der Waals surface area contributed by atoms with E-state index in [1.165, 1.54) is 0 Å². The normalized spacial score (nSPS) is 28.4. The van der Waals surface area contributed by atoms with Crippen molar-refractivity contribution in [3.8, 4) is 0 Å². The highest BCUT2D eigenvalue weighted by Crippen LogP contribution is 2.32. The smallest absolute Gasteiger partial charge is 0.226 e. The first kappa shape index (κ1) is 15.3. The largest absolute Gasteiger partial charge is 0.351 e. The van der Waals surface area contributed by atoms with E-state index in [0.717, 1.165) is 32.4 Å². The fourth-order valence-corrected chi connectivity index (χ4v) is 3.15. The molecule has 2 aliphatic heterocycles. The molecule has 2 saturated heterocycles. The summed E-state index contributed by atoms with van der Waals surface area (Å²) < 4.78 is 0. The Bertz CT molecular complexity index is 375. The van der Waals surface area contributed by atoms with Gasteiger partial charge < -0.3 is 15.5 Å². The van der Waals surface area contributed by atoms with Gasteiger partial charge in [0.25, 0.3) is 0 Å². The van der Waals surface area contributed by atoms with Crippen LogP contribution in [0.1, 0.15) is 39.5 Å². The predicted molar refractivity (Wildman–Crippen MR) is 78.2 cm³/mol. The van der Waals surface area contributed by atoms with E-state index in [1.807, 2.05) is 13.8 Å². The molecule has 2 rings (SSSR count). The Morgan fingerprint density at radius 3 is 2.75 bits per heavy atom. The average Bonchev–Trinajstić information content (AvgIpc) is 2.44. The Morgan fingerprint density at radius 1 is 1.40 bits per heavy atom. The number of carbonyl (C=O) groups excluding carboxylic acids is 2. The lowest BCUT2D eigenvalue weighted by atomic mass is 9.74. The second-order valence-electron chi connectivity index (χ2n) is 6.75. The summed E-state index contributed by atoms with van der Waals surface area (Å²) in [5.74, 6) is 0.685. The van der Waals surface area contributed by atoms with E-state index in [1.54, 1.807) is 11.9 Å². The van der Waals surface area contributed by atoms with E-state index >= 15 is 0 Å². The van der Waals surface area contributed by atoms with Crippen LogP contribution in [0.4, 0.5) is 0 Å². The maximum Gasteiger partial charge on any atom is 0.226 e. The van der Waals surface area contributed by atoms with Gasteiger partial charge in [-0.05, 0) is 38.3 Å². The van der Waals surface area contributed by atoms with Crippen molar-refractivity contribution in [3.05, 3.63) is 0 Å². The van der Waals surface area contributed by atoms with Crippen molar-refractivity contribution in [2.45, 2.75) is 45.6 Å². The van der Waals surface area contributed by atoms with Gasteiger partial charge in [0.2, 0.25) is 11.8 Å². The molecule has 2 heterocycles. The van der Waals surface area contributed by atoms with Gasteiger partial charge in [-0.3, -0.25) is 9.59 Å². The molecule has 2 fully saturated rings. The van der Waals surface area contributed by atoms with Gasteiger partial charge >= 0.3 is 0 Å². The molecule has 0 bridgehead atoms. The van der Waals surface area contributed by atoms with Crippen LogP contribution in [0.15, 0.2) is 0 Å². The van der Waals surface area contributed by atoms with E-state index in [4.69, 9.17) is 0 Å². The van der Waals surface area contributed by atoms with Gasteiger partial charge in [-0.15, -0.1) is 0 Å². The molecule has 0 aromatic carbocycles. The summed E-state index contributed by atoms with van der Waals surface area (Å²) in [6, 6.07) is 0.0982. The molecule has 0 aliphatic carbocycles. The van der Waals surface area contributed by atoms with Gasteiger partial charge in [0.1, 0.15) is 0 Å². The van der Waals surface area contributed by atoms with Crippen LogP contribution in [0, 0.1) is 11.3 Å². The summed E-state index contributed by atoms with van der Waals surface area (Å²) in [5, 5.41) is 6.53. The van der Waals surface area contributed by atoms with Crippen LogP contribution in [0.25, 0.3) is 0 Å². The summed E-state index contributed by atoms with van der Waals surface area (Å²) in [4.78, 5) is 25.8. The van der Waals surface area contributed by atoms with Crippen LogP contribution in [-0.2, 0) is 9.59 Å². The quantitative estimate of drug-likeness (QED) is 0.802. The molecule has 114 valence electrons. The molecule has 0 aromatic rings. The van der Waals surface area contributed by atoms with Crippen molar-refractivity contribution in [1.82, 2.24) is 15.5 Å². The van der Waals surface area contributed by atoms with E-state index in [9.17, 15) is 9.59 Å². The van der Waals surface area contributed by atoms with Gasteiger partial charge in [0.15, 0.2) is 0 Å². The molecule has 5 nitrogen and oxygen atoms in total. The van der Waals surface area contributed by atoms with Crippen LogP contribution in [-0.4, -0.2) is 49.4 Å². The monoisotopic (exact) mass is 281 g/mol.